The highest BCUT2D eigenvalue weighted by Gasteiger charge is 2.54. The lowest BCUT2D eigenvalue weighted by Crippen LogP contribution is -2.65. The summed E-state index contributed by atoms with van der Waals surface area (Å²) in [6, 6.07) is 7.45. The molecule has 2 aromatic carbocycles. The SMILES string of the molecule is C[C@@H]1O[C@H](OC2[C@H](OC3C(=O)c4c(O)cc(O[C@@H]5O[C@H](C)[C@H](O)C(O)[C@@H]5O)cc4OC3c3ccc(O)cc3)O[C@@H](CO[C@@H]3O[C@H](C)[C@H](O)C(O)[C@@H]3O)C(O)[C@@H]2O)[C@H](O)C(O)[C@@H]1O. The van der Waals surface area contributed by atoms with Crippen LogP contribution in [-0.2, 0) is 33.2 Å². The van der Waals surface area contributed by atoms with Gasteiger partial charge in [-0.2, -0.15) is 0 Å². The maximum Gasteiger partial charge on any atom is 0.229 e. The number of hydrogen-bond acceptors (Lipinski definition) is 23. The topological polar surface area (TPSA) is 363 Å². The number of aliphatic hydroxyl groups excluding tert-OH is 11. The van der Waals surface area contributed by atoms with Crippen molar-refractivity contribution in [3.05, 3.63) is 47.5 Å². The summed E-state index contributed by atoms with van der Waals surface area (Å²) in [6.45, 7) is 3.50. The Morgan fingerprint density at radius 1 is 0.565 bits per heavy atom. The van der Waals surface area contributed by atoms with Crippen molar-refractivity contribution in [2.45, 2.75) is 156 Å². The summed E-state index contributed by atoms with van der Waals surface area (Å²) in [4.78, 5) is 14.6. The van der Waals surface area contributed by atoms with Gasteiger partial charge in [0.15, 0.2) is 31.1 Å². The summed E-state index contributed by atoms with van der Waals surface area (Å²) >= 11 is 0. The summed E-state index contributed by atoms with van der Waals surface area (Å²) in [7, 11) is 0. The predicted octanol–water partition coefficient (Wildman–Crippen LogP) is -4.49. The maximum atomic E-state index is 14.6. The highest BCUT2D eigenvalue weighted by atomic mass is 16.8. The van der Waals surface area contributed by atoms with Gasteiger partial charge in [0, 0.05) is 12.1 Å². The quantitative estimate of drug-likeness (QED) is 0.107. The van der Waals surface area contributed by atoms with Crippen molar-refractivity contribution in [1.29, 1.82) is 0 Å². The Morgan fingerprint density at radius 2 is 1.10 bits per heavy atom. The number of phenols is 2. The molecule has 0 spiro atoms. The normalized spacial score (nSPS) is 44.9. The van der Waals surface area contributed by atoms with Crippen molar-refractivity contribution >= 4 is 5.78 Å². The van der Waals surface area contributed by atoms with Crippen LogP contribution in [0.5, 0.6) is 23.0 Å². The van der Waals surface area contributed by atoms with Gasteiger partial charge in [-0.1, -0.05) is 12.1 Å². The number of phenolic OH excluding ortho intramolecular Hbond substituents is 2. The Morgan fingerprint density at radius 3 is 1.69 bits per heavy atom. The van der Waals surface area contributed by atoms with Crippen molar-refractivity contribution in [2.24, 2.45) is 0 Å². The molecule has 23 heteroatoms. The van der Waals surface area contributed by atoms with E-state index in [0.717, 1.165) is 6.07 Å². The van der Waals surface area contributed by atoms with Crippen molar-refractivity contribution in [3.63, 3.8) is 0 Å². The molecule has 22 atom stereocenters. The van der Waals surface area contributed by atoms with Crippen LogP contribution in [0.3, 0.4) is 0 Å². The van der Waals surface area contributed by atoms with Gasteiger partial charge in [-0.05, 0) is 38.5 Å². The lowest BCUT2D eigenvalue weighted by Gasteiger charge is -2.47. The molecule has 0 aromatic heterocycles. The van der Waals surface area contributed by atoms with E-state index in [-0.39, 0.29) is 22.8 Å². The van der Waals surface area contributed by atoms with E-state index < -0.39 is 159 Å². The Hall–Kier alpha value is -3.41. The van der Waals surface area contributed by atoms with E-state index in [1.807, 2.05) is 0 Å². The Bertz CT molecular complexity index is 1850. The van der Waals surface area contributed by atoms with Crippen LogP contribution < -0.4 is 9.47 Å². The maximum absolute atomic E-state index is 14.6. The van der Waals surface area contributed by atoms with E-state index in [2.05, 4.69) is 0 Å². The van der Waals surface area contributed by atoms with Crippen molar-refractivity contribution in [2.75, 3.05) is 6.61 Å². The number of hydrogen-bond donors (Lipinski definition) is 13. The second-order valence-corrected chi connectivity index (χ2v) is 16.0. The molecule has 0 saturated carbocycles. The number of aliphatic hydroxyl groups is 11. The minimum absolute atomic E-state index is 0.172. The molecule has 0 aliphatic carbocycles. The van der Waals surface area contributed by atoms with Crippen LogP contribution in [0.25, 0.3) is 0 Å². The lowest BCUT2D eigenvalue weighted by molar-refractivity contribution is -0.373. The van der Waals surface area contributed by atoms with Crippen molar-refractivity contribution in [1.82, 2.24) is 0 Å². The molecule has 7 rings (SSSR count). The van der Waals surface area contributed by atoms with E-state index in [0.29, 0.717) is 0 Å². The highest BCUT2D eigenvalue weighted by molar-refractivity contribution is 6.05. The number of carbonyl (C=O) groups is 1. The Labute approximate surface area is 352 Å². The van der Waals surface area contributed by atoms with Crippen molar-refractivity contribution in [3.8, 4) is 23.0 Å². The van der Waals surface area contributed by atoms with Crippen LogP contribution >= 0.6 is 0 Å². The minimum atomic E-state index is -2.03. The molecule has 5 aliphatic rings. The first-order valence-electron chi connectivity index (χ1n) is 19.8. The molecule has 62 heavy (non-hydrogen) atoms. The fourth-order valence-electron chi connectivity index (χ4n) is 7.81. The van der Waals surface area contributed by atoms with Crippen LogP contribution in [0, 0.1) is 0 Å². The fraction of sp³-hybridized carbons (Fsp3) is 0.667. The Kier molecular flexibility index (Phi) is 14.0. The number of aromatic hydroxyl groups is 2. The predicted molar refractivity (Wildman–Crippen MR) is 198 cm³/mol. The van der Waals surface area contributed by atoms with Gasteiger partial charge in [0.25, 0.3) is 0 Å². The van der Waals surface area contributed by atoms with E-state index in [4.69, 9.17) is 42.6 Å². The molecular weight excluding hydrogens is 836 g/mol. The number of ketones is 1. The van der Waals surface area contributed by atoms with Gasteiger partial charge >= 0.3 is 0 Å². The average Bonchev–Trinajstić information content (AvgIpc) is 3.24. The molecule has 0 amide bonds. The first kappa shape index (κ1) is 46.6. The number of benzene rings is 2. The zero-order chi connectivity index (χ0) is 45.1. The molecule has 2 aromatic rings. The van der Waals surface area contributed by atoms with E-state index in [9.17, 15) is 71.2 Å². The number of carbonyl (C=O) groups excluding carboxylic acids is 1. The van der Waals surface area contributed by atoms with Crippen molar-refractivity contribution < 1.29 is 114 Å². The average molecular weight is 889 g/mol. The van der Waals surface area contributed by atoms with Crippen LogP contribution in [0.1, 0.15) is 42.8 Å². The third-order valence-electron chi connectivity index (χ3n) is 11.6. The molecule has 7 unspecified atom stereocenters. The molecule has 5 heterocycles. The summed E-state index contributed by atoms with van der Waals surface area (Å²) in [6.07, 6.45) is -35.8. The third-order valence-corrected chi connectivity index (χ3v) is 11.6. The van der Waals surface area contributed by atoms with Gasteiger partial charge in [0.05, 0.1) is 24.9 Å². The van der Waals surface area contributed by atoms with Gasteiger partial charge < -0.3 is 109 Å². The molecule has 5 aliphatic heterocycles. The molecule has 4 fully saturated rings. The monoisotopic (exact) mass is 888 g/mol. The molecule has 23 nitrogen and oxygen atoms in total. The zero-order valence-corrected chi connectivity index (χ0v) is 33.3. The summed E-state index contributed by atoms with van der Waals surface area (Å²) < 4.78 is 52.3. The molecule has 346 valence electrons. The first-order chi connectivity index (χ1) is 29.3. The van der Waals surface area contributed by atoms with E-state index in [1.54, 1.807) is 0 Å². The number of rotatable bonds is 10. The number of ether oxygens (including phenoxy) is 9. The highest BCUT2D eigenvalue weighted by Crippen LogP contribution is 2.45. The van der Waals surface area contributed by atoms with Crippen LogP contribution in [0.4, 0.5) is 0 Å². The van der Waals surface area contributed by atoms with Gasteiger partial charge in [0.2, 0.25) is 12.1 Å². The van der Waals surface area contributed by atoms with Gasteiger partial charge in [-0.3, -0.25) is 4.79 Å². The zero-order valence-electron chi connectivity index (χ0n) is 33.3. The van der Waals surface area contributed by atoms with Crippen LogP contribution in [-0.4, -0.2) is 208 Å². The summed E-state index contributed by atoms with van der Waals surface area (Å²) in [5, 5.41) is 138. The molecular formula is C39H52O23. The minimum Gasteiger partial charge on any atom is -0.508 e. The van der Waals surface area contributed by atoms with E-state index >= 15 is 0 Å². The smallest absolute Gasteiger partial charge is 0.229 e. The van der Waals surface area contributed by atoms with Gasteiger partial charge in [-0.25, -0.2) is 0 Å². The fourth-order valence-corrected chi connectivity index (χ4v) is 7.81. The molecule has 13 N–H and O–H groups in total. The summed E-state index contributed by atoms with van der Waals surface area (Å²) in [5.41, 5.74) is -0.270. The molecule has 4 saturated heterocycles. The van der Waals surface area contributed by atoms with Gasteiger partial charge in [0.1, 0.15) is 108 Å². The molecule has 0 radical (unpaired) electrons. The van der Waals surface area contributed by atoms with E-state index in [1.165, 1.54) is 51.1 Å². The van der Waals surface area contributed by atoms with Crippen LogP contribution in [0.15, 0.2) is 36.4 Å². The number of Topliss-reactive ketones (excluding diaryl/α,β-unsaturated/α-hetero) is 1. The number of fused-ring (bicyclic) bond motifs is 1. The largest absolute Gasteiger partial charge is 0.508 e. The second kappa shape index (κ2) is 18.6. The summed E-state index contributed by atoms with van der Waals surface area (Å²) in [5.74, 6) is -2.36. The van der Waals surface area contributed by atoms with Gasteiger partial charge in [-0.15, -0.1) is 0 Å². The lowest BCUT2D eigenvalue weighted by atomic mass is 9.92. The third kappa shape index (κ3) is 8.97. The van der Waals surface area contributed by atoms with Crippen LogP contribution in [0.2, 0.25) is 0 Å². The Balaban J connectivity index is 1.21. The standard InChI is InChI=1S/C39H52O23/c1-11-21(42)26(47)30(51)36(55-11)54-10-19-24(45)29(50)35(62-38-32(53)28(49)23(44)13(3)57-38)39(60-19)61-34-25(46)20-17(41)8-16(58-37-31(52)27(48)22(43)12(2)56-37)9-18(20)59-33(34)14-4-6-15(40)7-5-14/h4-9,11-13,19,21-24,26-45,47-53H,10H2,1-3H3/t11-,12-,13+,19+,21+,22+,23-,24?,26?,27?,28?,29+,30+,31+,32-,33?,34?,35?,36-,37+,38-,39+/m1/s1. The molecule has 0 bridgehead atoms. The first-order valence-corrected chi connectivity index (χ1v) is 19.8. The second-order valence-electron chi connectivity index (χ2n) is 16.0.